The van der Waals surface area contributed by atoms with Gasteiger partial charge in [0.05, 0.1) is 0 Å². The number of halogens is 1. The van der Waals surface area contributed by atoms with Crippen molar-refractivity contribution in [1.29, 1.82) is 0 Å². The van der Waals surface area contributed by atoms with Crippen LogP contribution in [0.4, 0.5) is 4.11 Å². The fourth-order valence-electron chi connectivity index (χ4n) is 3.19. The van der Waals surface area contributed by atoms with Crippen LogP contribution in [0.1, 0.15) is 67.9 Å². The average molecular weight is 399 g/mol. The maximum atomic E-state index is 16.3. The van der Waals surface area contributed by atoms with Crippen LogP contribution in [-0.2, 0) is 16.1 Å². The van der Waals surface area contributed by atoms with E-state index in [1.54, 1.807) is 0 Å². The standard InChI is InChI=1S/C21H39FO2Si2/c1-19(2,3)25(10,11)24-23-16-17-12-14-18(15-13-17)26(22,20(4,5)6)21(7,8)9/h12-15H,16H2,1-11H3. The van der Waals surface area contributed by atoms with Gasteiger partial charge in [-0.2, -0.15) is 0 Å². The first-order valence-corrected chi connectivity index (χ1v) is 14.3. The lowest BCUT2D eigenvalue weighted by Crippen LogP contribution is -2.57. The lowest BCUT2D eigenvalue weighted by Gasteiger charge is -2.44. The molecule has 1 aromatic rings. The molecule has 0 spiro atoms. The second-order valence-electron chi connectivity index (χ2n) is 11.0. The van der Waals surface area contributed by atoms with Gasteiger partial charge in [0.15, 0.2) is 0 Å². The molecule has 0 atom stereocenters. The van der Waals surface area contributed by atoms with E-state index < -0.39 is 16.7 Å². The van der Waals surface area contributed by atoms with Gasteiger partial charge < -0.3 is 4.11 Å². The molecular weight excluding hydrogens is 359 g/mol. The van der Waals surface area contributed by atoms with Gasteiger partial charge in [-0.15, -0.1) is 0 Å². The number of benzene rings is 1. The zero-order valence-corrected chi connectivity index (χ0v) is 20.7. The quantitative estimate of drug-likeness (QED) is 0.233. The Morgan fingerprint density at radius 3 is 1.54 bits per heavy atom. The third-order valence-corrected chi connectivity index (χ3v) is 15.1. The Labute approximate surface area is 162 Å². The van der Waals surface area contributed by atoms with Gasteiger partial charge in [0.25, 0.3) is 8.41 Å². The Morgan fingerprint density at radius 1 is 0.769 bits per heavy atom. The predicted molar refractivity (Wildman–Crippen MR) is 115 cm³/mol. The average Bonchev–Trinajstić information content (AvgIpc) is 2.43. The van der Waals surface area contributed by atoms with Crippen molar-refractivity contribution in [3.63, 3.8) is 0 Å². The summed E-state index contributed by atoms with van der Waals surface area (Å²) in [6.45, 7) is 23.4. The SMILES string of the molecule is CC(C)(C)[Si](C)(C)OOCc1ccc([Si](F)(C(C)(C)C)C(C)(C)C)cc1. The van der Waals surface area contributed by atoms with Crippen LogP contribution in [0.5, 0.6) is 0 Å². The fraction of sp³-hybridized carbons (Fsp3) is 0.714. The van der Waals surface area contributed by atoms with Gasteiger partial charge in [-0.3, -0.25) is 4.58 Å². The highest BCUT2D eigenvalue weighted by Gasteiger charge is 2.56. The van der Waals surface area contributed by atoms with Crippen LogP contribution < -0.4 is 5.19 Å². The molecule has 0 radical (unpaired) electrons. The van der Waals surface area contributed by atoms with Crippen molar-refractivity contribution in [2.24, 2.45) is 0 Å². The lowest BCUT2D eigenvalue weighted by atomic mass is 10.2. The minimum atomic E-state index is -3.20. The van der Waals surface area contributed by atoms with Crippen LogP contribution in [0.15, 0.2) is 24.3 Å². The van der Waals surface area contributed by atoms with Crippen LogP contribution in [0.3, 0.4) is 0 Å². The molecule has 0 aliphatic rings. The predicted octanol–water partition coefficient (Wildman–Crippen LogP) is 6.86. The van der Waals surface area contributed by atoms with E-state index in [4.69, 9.17) is 9.46 Å². The zero-order valence-electron chi connectivity index (χ0n) is 18.7. The summed E-state index contributed by atoms with van der Waals surface area (Å²) in [6, 6.07) is 7.85. The van der Waals surface area contributed by atoms with Crippen LogP contribution in [0.25, 0.3) is 0 Å². The topological polar surface area (TPSA) is 18.5 Å². The highest BCUT2D eigenvalue weighted by Crippen LogP contribution is 2.51. The molecule has 0 saturated heterocycles. The van der Waals surface area contributed by atoms with E-state index in [1.165, 1.54) is 0 Å². The Balaban J connectivity index is 2.92. The minimum absolute atomic E-state index is 0.107. The molecule has 0 aromatic heterocycles. The molecule has 0 amide bonds. The summed E-state index contributed by atoms with van der Waals surface area (Å²) < 4.78 is 22.1. The molecule has 0 N–H and O–H groups in total. The molecular formula is C21H39FO2Si2. The van der Waals surface area contributed by atoms with Crippen LogP contribution in [0, 0.1) is 0 Å². The monoisotopic (exact) mass is 398 g/mol. The summed E-state index contributed by atoms with van der Waals surface area (Å²) in [7, 11) is -5.13. The number of hydrogen-bond donors (Lipinski definition) is 0. The van der Waals surface area contributed by atoms with Crippen molar-refractivity contribution in [1.82, 2.24) is 0 Å². The first-order valence-electron chi connectivity index (χ1n) is 9.52. The van der Waals surface area contributed by atoms with Gasteiger partial charge in [-0.1, -0.05) is 86.6 Å². The summed E-state index contributed by atoms with van der Waals surface area (Å²) in [5.74, 6) is 0. The Morgan fingerprint density at radius 2 is 1.19 bits per heavy atom. The molecule has 0 saturated carbocycles. The van der Waals surface area contributed by atoms with E-state index in [9.17, 15) is 0 Å². The van der Waals surface area contributed by atoms with Gasteiger partial charge in [0.1, 0.15) is 6.61 Å². The number of hydrogen-bond acceptors (Lipinski definition) is 2. The summed E-state index contributed by atoms with van der Waals surface area (Å²) >= 11 is 0. The molecule has 1 rings (SSSR count). The molecule has 0 fully saturated rings. The van der Waals surface area contributed by atoms with Crippen LogP contribution >= 0.6 is 0 Å². The van der Waals surface area contributed by atoms with Gasteiger partial charge >= 0.3 is 0 Å². The van der Waals surface area contributed by atoms with Gasteiger partial charge in [0.2, 0.25) is 8.32 Å². The van der Waals surface area contributed by atoms with Crippen molar-refractivity contribution >= 4 is 21.9 Å². The van der Waals surface area contributed by atoms with Crippen molar-refractivity contribution in [3.05, 3.63) is 29.8 Å². The first kappa shape index (κ1) is 23.5. The molecule has 0 heterocycles. The third-order valence-electron chi connectivity index (χ3n) is 5.72. The van der Waals surface area contributed by atoms with Crippen LogP contribution in [0.2, 0.25) is 28.2 Å². The normalized spacial score (nSPS) is 14.6. The molecule has 150 valence electrons. The molecule has 1 aromatic carbocycles. The maximum Gasteiger partial charge on any atom is 0.288 e. The van der Waals surface area contributed by atoms with Crippen molar-refractivity contribution in [2.75, 3.05) is 0 Å². The van der Waals surface area contributed by atoms with E-state index in [0.29, 0.717) is 6.61 Å². The number of rotatable bonds is 5. The lowest BCUT2D eigenvalue weighted by molar-refractivity contribution is -0.231. The van der Waals surface area contributed by atoms with Crippen molar-refractivity contribution in [2.45, 2.75) is 97.1 Å². The summed E-state index contributed by atoms with van der Waals surface area (Å²) in [5.41, 5.74) is 1.01. The molecule has 0 unspecified atom stereocenters. The molecule has 2 nitrogen and oxygen atoms in total. The molecule has 26 heavy (non-hydrogen) atoms. The zero-order chi connectivity index (χ0) is 20.6. The van der Waals surface area contributed by atoms with Gasteiger partial charge in [-0.05, 0) is 39.0 Å². The molecule has 0 bridgehead atoms. The van der Waals surface area contributed by atoms with Crippen molar-refractivity contribution < 1.29 is 13.6 Å². The first-order chi connectivity index (χ1) is 11.4. The van der Waals surface area contributed by atoms with Crippen LogP contribution in [-0.4, -0.2) is 16.7 Å². The highest BCUT2D eigenvalue weighted by atomic mass is 28.4. The smallest absolute Gasteiger partial charge is 0.288 e. The fourth-order valence-corrected chi connectivity index (χ4v) is 8.40. The highest BCUT2D eigenvalue weighted by molar-refractivity contribution is 6.90. The van der Waals surface area contributed by atoms with Gasteiger partial charge in [-0.25, -0.2) is 4.89 Å². The van der Waals surface area contributed by atoms with Gasteiger partial charge in [0, 0.05) is 0 Å². The summed E-state index contributed by atoms with van der Waals surface area (Å²) in [6.07, 6.45) is 0. The Bertz CT molecular complexity index is 576. The second kappa shape index (κ2) is 7.49. The summed E-state index contributed by atoms with van der Waals surface area (Å²) in [5, 5.41) is 0.227. The third kappa shape index (κ3) is 4.86. The maximum absolute atomic E-state index is 16.3. The Kier molecular flexibility index (Phi) is 6.78. The molecule has 5 heteroatoms. The van der Waals surface area contributed by atoms with E-state index in [-0.39, 0.29) is 15.1 Å². The molecule has 0 aliphatic heterocycles. The van der Waals surface area contributed by atoms with E-state index in [2.05, 4.69) is 33.9 Å². The second-order valence-corrected chi connectivity index (χ2v) is 20.5. The van der Waals surface area contributed by atoms with E-state index in [0.717, 1.165) is 10.8 Å². The Hall–Kier alpha value is -0.496. The molecule has 0 aliphatic carbocycles. The summed E-state index contributed by atoms with van der Waals surface area (Å²) in [4.78, 5) is 5.55. The minimum Gasteiger partial charge on any atom is -0.307 e. The largest absolute Gasteiger partial charge is 0.307 e. The van der Waals surface area contributed by atoms with E-state index in [1.807, 2.05) is 65.8 Å². The van der Waals surface area contributed by atoms with Crippen molar-refractivity contribution in [3.8, 4) is 0 Å². The van der Waals surface area contributed by atoms with E-state index >= 15 is 4.11 Å².